The number of hydrogen-bond acceptors (Lipinski definition) is 1. The molecule has 0 aliphatic rings. The first-order chi connectivity index (χ1) is 6.43. The molecule has 0 saturated heterocycles. The van der Waals surface area contributed by atoms with Gasteiger partial charge in [0.25, 0.3) is 0 Å². The van der Waals surface area contributed by atoms with Crippen LogP contribution in [-0.2, 0) is 5.25 Å². The smallest absolute Gasteiger partial charge is 0.206 e. The zero-order valence-electron chi connectivity index (χ0n) is 6.61. The highest BCUT2D eigenvalue weighted by Gasteiger charge is 2.39. The van der Waals surface area contributed by atoms with Crippen LogP contribution in [0.2, 0.25) is 0 Å². The number of alkyl halides is 2. The van der Waals surface area contributed by atoms with Gasteiger partial charge in [0.05, 0.1) is 5.56 Å². The summed E-state index contributed by atoms with van der Waals surface area (Å²) in [4.78, 5) is 0. The third-order valence-corrected chi connectivity index (χ3v) is 2.02. The summed E-state index contributed by atoms with van der Waals surface area (Å²) in [6, 6.07) is 3.92. The zero-order valence-corrected chi connectivity index (χ0v) is 7.42. The van der Waals surface area contributed by atoms with Crippen LogP contribution >= 0.6 is 11.8 Å². The second-order valence-electron chi connectivity index (χ2n) is 2.32. The molecule has 0 fully saturated rings. The third-order valence-electron chi connectivity index (χ3n) is 1.39. The molecule has 0 amide bonds. The quantitative estimate of drug-likeness (QED) is 0.703. The van der Waals surface area contributed by atoms with E-state index in [0.29, 0.717) is 0 Å². The summed E-state index contributed by atoms with van der Waals surface area (Å²) in [6.07, 6.45) is 0. The highest BCUT2D eigenvalue weighted by Crippen LogP contribution is 2.46. The van der Waals surface area contributed by atoms with Gasteiger partial charge in [-0.15, -0.1) is 0 Å². The molecule has 1 rings (SSSR count). The minimum atomic E-state index is -3.94. The van der Waals surface area contributed by atoms with Crippen LogP contribution < -0.4 is 0 Å². The Morgan fingerprint density at radius 2 is 1.71 bits per heavy atom. The Morgan fingerprint density at radius 1 is 1.14 bits per heavy atom. The molecule has 0 saturated carbocycles. The number of halogens is 5. The second-order valence-corrected chi connectivity index (χ2v) is 3.35. The van der Waals surface area contributed by atoms with Crippen molar-refractivity contribution in [3.8, 4) is 0 Å². The molecule has 0 unspecified atom stereocenters. The Hall–Kier alpha value is -0.780. The summed E-state index contributed by atoms with van der Waals surface area (Å²) in [5, 5.41) is -3.94. The number of rotatable bonds is 3. The Kier molecular flexibility index (Phi) is 3.36. The molecule has 1 radical (unpaired) electrons. The molecule has 0 N–H and O–H groups in total. The predicted molar refractivity (Wildman–Crippen MR) is 43.3 cm³/mol. The number of hydrogen-bond donors (Lipinski definition) is 0. The van der Waals surface area contributed by atoms with Crippen LogP contribution in [0.25, 0.3) is 0 Å². The van der Waals surface area contributed by atoms with E-state index in [-0.39, 0.29) is 0 Å². The largest absolute Gasteiger partial charge is 0.371 e. The fourth-order valence-electron chi connectivity index (χ4n) is 0.849. The van der Waals surface area contributed by atoms with E-state index in [1.165, 1.54) is 6.07 Å². The molecule has 6 heteroatoms. The van der Waals surface area contributed by atoms with Crippen molar-refractivity contribution in [2.75, 3.05) is 0 Å². The van der Waals surface area contributed by atoms with Crippen molar-refractivity contribution in [1.82, 2.24) is 0 Å². The molecule has 77 valence electrons. The van der Waals surface area contributed by atoms with E-state index in [1.54, 1.807) is 0 Å². The van der Waals surface area contributed by atoms with Crippen molar-refractivity contribution in [3.05, 3.63) is 41.4 Å². The van der Waals surface area contributed by atoms with Crippen LogP contribution in [0.3, 0.4) is 0 Å². The molecule has 0 aliphatic carbocycles. The average Bonchev–Trinajstić information content (AvgIpc) is 2.02. The lowest BCUT2D eigenvalue weighted by molar-refractivity contribution is 0.0981. The van der Waals surface area contributed by atoms with E-state index < -0.39 is 34.2 Å². The summed E-state index contributed by atoms with van der Waals surface area (Å²) < 4.78 is 61.8. The van der Waals surface area contributed by atoms with Crippen LogP contribution in [-0.4, -0.2) is 0 Å². The van der Waals surface area contributed by atoms with Gasteiger partial charge in [-0.1, -0.05) is 12.1 Å². The van der Waals surface area contributed by atoms with E-state index in [2.05, 4.69) is 0 Å². The lowest BCUT2D eigenvalue weighted by Gasteiger charge is -2.14. The van der Waals surface area contributed by atoms with Gasteiger partial charge in [-0.3, -0.25) is 0 Å². The summed E-state index contributed by atoms with van der Waals surface area (Å²) in [5.41, 5.74) is -1.04. The zero-order chi connectivity index (χ0) is 10.8. The van der Waals surface area contributed by atoms with E-state index in [9.17, 15) is 22.0 Å². The lowest BCUT2D eigenvalue weighted by atomic mass is 10.2. The van der Waals surface area contributed by atoms with Gasteiger partial charge in [0.15, 0.2) is 0 Å². The average molecular weight is 227 g/mol. The molecule has 0 aliphatic heterocycles. The molecule has 14 heavy (non-hydrogen) atoms. The van der Waals surface area contributed by atoms with Gasteiger partial charge in [-0.25, -0.2) is 4.39 Å². The van der Waals surface area contributed by atoms with Gasteiger partial charge in [0.1, 0.15) is 5.82 Å². The standard InChI is InChI=1S/C8H4F5S/c9-6-4-2-1-3-5(6)8(12,13)14-7(10)11/h1-4H. The Balaban J connectivity index is 2.97. The van der Waals surface area contributed by atoms with Crippen molar-refractivity contribution in [3.63, 3.8) is 0 Å². The molecule has 0 atom stereocenters. The highest BCUT2D eigenvalue weighted by atomic mass is 32.2. The predicted octanol–water partition coefficient (Wildman–Crippen LogP) is 3.99. The maximum atomic E-state index is 12.9. The van der Waals surface area contributed by atoms with E-state index >= 15 is 0 Å². The van der Waals surface area contributed by atoms with Crippen LogP contribution in [0, 0.1) is 11.6 Å². The van der Waals surface area contributed by atoms with E-state index in [4.69, 9.17) is 0 Å². The van der Waals surface area contributed by atoms with Crippen LogP contribution in [0.5, 0.6) is 0 Å². The molecule has 0 aromatic heterocycles. The van der Waals surface area contributed by atoms with Crippen LogP contribution in [0.4, 0.5) is 22.0 Å². The first kappa shape index (κ1) is 11.3. The molecular formula is C8H4F5S. The van der Waals surface area contributed by atoms with Crippen molar-refractivity contribution in [2.45, 2.75) is 5.25 Å². The maximum Gasteiger partial charge on any atom is 0.371 e. The van der Waals surface area contributed by atoms with Gasteiger partial charge in [0, 0.05) is 0 Å². The summed E-state index contributed by atoms with van der Waals surface area (Å²) in [5.74, 6) is -3.70. The van der Waals surface area contributed by atoms with E-state index in [0.717, 1.165) is 18.2 Å². The van der Waals surface area contributed by atoms with Gasteiger partial charge in [-0.05, 0) is 23.9 Å². The highest BCUT2D eigenvalue weighted by molar-refractivity contribution is 8.02. The van der Waals surface area contributed by atoms with Gasteiger partial charge < -0.3 is 0 Å². The summed E-state index contributed by atoms with van der Waals surface area (Å²) in [6.45, 7) is 0. The number of thioether (sulfide) groups is 1. The molecule has 1 aromatic carbocycles. The summed E-state index contributed by atoms with van der Waals surface area (Å²) in [7, 11) is 0. The molecule has 1 aromatic rings. The van der Waals surface area contributed by atoms with Crippen molar-refractivity contribution < 1.29 is 22.0 Å². The fraction of sp³-hybridized carbons (Fsp3) is 0.125. The Morgan fingerprint density at radius 3 is 2.21 bits per heavy atom. The van der Waals surface area contributed by atoms with Gasteiger partial charge in [0.2, 0.25) is 0 Å². The first-order valence-corrected chi connectivity index (χ1v) is 4.25. The first-order valence-electron chi connectivity index (χ1n) is 3.43. The van der Waals surface area contributed by atoms with Crippen LogP contribution in [0.15, 0.2) is 24.3 Å². The monoisotopic (exact) mass is 227 g/mol. The van der Waals surface area contributed by atoms with Gasteiger partial charge in [-0.2, -0.15) is 17.6 Å². The Labute approximate surface area is 81.1 Å². The van der Waals surface area contributed by atoms with Crippen molar-refractivity contribution in [2.24, 2.45) is 0 Å². The number of benzene rings is 1. The van der Waals surface area contributed by atoms with Gasteiger partial charge >= 0.3 is 11.0 Å². The SMILES string of the molecule is F[C](F)SC(F)(F)c1ccccc1F. The molecule has 0 spiro atoms. The second kappa shape index (κ2) is 4.16. The Bertz CT molecular complexity index is 312. The molecule has 0 nitrogen and oxygen atoms in total. The van der Waals surface area contributed by atoms with Crippen molar-refractivity contribution >= 4 is 11.8 Å². The summed E-state index contributed by atoms with van der Waals surface area (Å²) >= 11 is -0.966. The fourth-order valence-corrected chi connectivity index (χ4v) is 1.32. The van der Waals surface area contributed by atoms with Crippen LogP contribution in [0.1, 0.15) is 5.56 Å². The maximum absolute atomic E-state index is 12.9. The molecular weight excluding hydrogens is 223 g/mol. The van der Waals surface area contributed by atoms with E-state index in [1.807, 2.05) is 0 Å². The molecule has 0 heterocycles. The lowest BCUT2D eigenvalue weighted by Crippen LogP contribution is -2.10. The normalized spacial score (nSPS) is 12.1. The molecule has 0 bridgehead atoms. The topological polar surface area (TPSA) is 0 Å². The van der Waals surface area contributed by atoms with Crippen molar-refractivity contribution in [1.29, 1.82) is 0 Å². The minimum Gasteiger partial charge on any atom is -0.206 e. The third kappa shape index (κ3) is 2.60. The minimum absolute atomic E-state index is 0.769.